The highest BCUT2D eigenvalue weighted by Gasteiger charge is 2.24. The van der Waals surface area contributed by atoms with Crippen molar-refractivity contribution in [3.63, 3.8) is 0 Å². The summed E-state index contributed by atoms with van der Waals surface area (Å²) in [5.41, 5.74) is 9.69. The van der Waals surface area contributed by atoms with Crippen molar-refractivity contribution >= 4 is 11.4 Å². The molecule has 0 radical (unpaired) electrons. The number of hydrogen-bond acceptors (Lipinski definition) is 5. The number of halogens is 2. The Hall–Kier alpha value is -3.72. The Balaban J connectivity index is 1.30. The number of hydrogen-bond donors (Lipinski definition) is 1. The van der Waals surface area contributed by atoms with E-state index in [0.29, 0.717) is 36.7 Å². The van der Waals surface area contributed by atoms with Gasteiger partial charge < -0.3 is 10.6 Å². The van der Waals surface area contributed by atoms with Gasteiger partial charge in [0.15, 0.2) is 0 Å². The van der Waals surface area contributed by atoms with E-state index in [9.17, 15) is 4.79 Å². The number of amides is 1. The second kappa shape index (κ2) is 10.2. The van der Waals surface area contributed by atoms with Crippen LogP contribution in [0.2, 0.25) is 0 Å². The lowest BCUT2D eigenvalue weighted by Crippen LogP contribution is -2.27. The lowest BCUT2D eigenvalue weighted by atomic mass is 9.80. The van der Waals surface area contributed by atoms with E-state index in [0.717, 1.165) is 43.2 Å². The molecule has 0 bridgehead atoms. The van der Waals surface area contributed by atoms with Gasteiger partial charge in [-0.25, -0.2) is 18.3 Å². The molecule has 2 fully saturated rings. The number of aromatic nitrogens is 4. The summed E-state index contributed by atoms with van der Waals surface area (Å²) < 4.78 is 32.1. The minimum Gasteiger partial charge on any atom is -0.338 e. The van der Waals surface area contributed by atoms with Crippen molar-refractivity contribution in [1.82, 2.24) is 24.5 Å². The molecule has 1 aliphatic heterocycles. The largest absolute Gasteiger partial charge is 0.338 e. The number of rotatable bonds is 6. The Bertz CT molecular complexity index is 1480. The van der Waals surface area contributed by atoms with Crippen molar-refractivity contribution in [2.75, 3.05) is 6.54 Å². The van der Waals surface area contributed by atoms with Gasteiger partial charge in [-0.3, -0.25) is 9.78 Å². The van der Waals surface area contributed by atoms with Crippen LogP contribution in [0.25, 0.3) is 16.8 Å². The molecule has 0 spiro atoms. The Morgan fingerprint density at radius 1 is 1.05 bits per heavy atom. The monoisotopic (exact) mass is 516 g/mol. The van der Waals surface area contributed by atoms with Gasteiger partial charge in [0.2, 0.25) is 5.91 Å². The summed E-state index contributed by atoms with van der Waals surface area (Å²) in [7, 11) is 0. The third kappa shape index (κ3) is 4.78. The first-order valence-corrected chi connectivity index (χ1v) is 13.2. The zero-order valence-electron chi connectivity index (χ0n) is 21.1. The number of likely N-dealkylation sites (tertiary alicyclic amines) is 1. The molecule has 2 atom stereocenters. The highest BCUT2D eigenvalue weighted by molar-refractivity contribution is 5.78. The van der Waals surface area contributed by atoms with Crippen LogP contribution in [0.4, 0.5) is 8.78 Å². The van der Waals surface area contributed by atoms with Crippen LogP contribution in [0.3, 0.4) is 0 Å². The Morgan fingerprint density at radius 3 is 2.66 bits per heavy atom. The predicted molar refractivity (Wildman–Crippen MR) is 139 cm³/mol. The molecule has 196 valence electrons. The molecule has 38 heavy (non-hydrogen) atoms. The van der Waals surface area contributed by atoms with Crippen LogP contribution in [0.15, 0.2) is 48.9 Å². The Labute approximate surface area is 219 Å². The second-order valence-electron chi connectivity index (χ2n) is 10.5. The van der Waals surface area contributed by atoms with E-state index in [-0.39, 0.29) is 29.8 Å². The zero-order valence-corrected chi connectivity index (χ0v) is 21.1. The molecule has 6 rings (SSSR count). The second-order valence-corrected chi connectivity index (χ2v) is 10.5. The molecule has 1 aliphatic carbocycles. The SMILES string of the molecule is N[C@H]1CCC[C@@H](c2ccncc2Cc2ncc3ccc(-c4c(F)cc(CN5CCCC5=O)cc4F)nn23)C1. The van der Waals surface area contributed by atoms with E-state index in [1.54, 1.807) is 27.7 Å². The summed E-state index contributed by atoms with van der Waals surface area (Å²) in [5, 5.41) is 4.59. The van der Waals surface area contributed by atoms with Crippen LogP contribution < -0.4 is 5.73 Å². The molecule has 3 aromatic heterocycles. The number of carbonyl (C=O) groups excluding carboxylic acids is 1. The maximum Gasteiger partial charge on any atom is 0.222 e. The Kier molecular flexibility index (Phi) is 6.61. The van der Waals surface area contributed by atoms with Gasteiger partial charge in [0.05, 0.1) is 23.0 Å². The maximum atomic E-state index is 15.2. The van der Waals surface area contributed by atoms with Gasteiger partial charge >= 0.3 is 0 Å². The number of fused-ring (bicyclic) bond motifs is 1. The molecule has 4 aromatic rings. The van der Waals surface area contributed by atoms with Crippen LogP contribution >= 0.6 is 0 Å². The van der Waals surface area contributed by atoms with Gasteiger partial charge in [0, 0.05) is 44.4 Å². The molecule has 1 saturated heterocycles. The minimum atomic E-state index is -0.705. The topological polar surface area (TPSA) is 89.4 Å². The van der Waals surface area contributed by atoms with Crippen LogP contribution in [-0.4, -0.2) is 43.0 Å². The smallest absolute Gasteiger partial charge is 0.222 e. The molecule has 1 amide bonds. The fourth-order valence-corrected chi connectivity index (χ4v) is 5.90. The predicted octanol–water partition coefficient (Wildman–Crippen LogP) is 4.77. The van der Waals surface area contributed by atoms with Crippen molar-refractivity contribution in [3.05, 3.63) is 83.1 Å². The van der Waals surface area contributed by atoms with Crippen LogP contribution in [0.5, 0.6) is 0 Å². The molecule has 2 N–H and O–H groups in total. The molecule has 1 aromatic carbocycles. The number of carbonyl (C=O) groups is 1. The van der Waals surface area contributed by atoms with E-state index >= 15 is 8.78 Å². The number of imidazole rings is 1. The summed E-state index contributed by atoms with van der Waals surface area (Å²) >= 11 is 0. The number of pyridine rings is 1. The quantitative estimate of drug-likeness (QED) is 0.399. The zero-order chi connectivity index (χ0) is 26.2. The molecular formula is C29H30F2N6O. The standard InChI is InChI=1S/C29H30F2N6O/c30-24-11-18(17-36-10-2-5-28(36)38)12-25(31)29(24)26-7-6-22-16-34-27(37(22)35-26)14-20-15-33-9-8-23(20)19-3-1-4-21(32)13-19/h6-9,11-12,15-16,19,21H,1-5,10,13-14,17,32H2/t19-,21+/m1/s1. The van der Waals surface area contributed by atoms with E-state index in [1.807, 2.05) is 12.4 Å². The Morgan fingerprint density at radius 2 is 1.89 bits per heavy atom. The fourth-order valence-electron chi connectivity index (χ4n) is 5.90. The van der Waals surface area contributed by atoms with Gasteiger partial charge in [0.25, 0.3) is 0 Å². The van der Waals surface area contributed by atoms with Crippen molar-refractivity contribution in [2.24, 2.45) is 5.73 Å². The third-order valence-electron chi connectivity index (χ3n) is 7.80. The number of nitrogens with two attached hydrogens (primary N) is 1. The fraction of sp³-hybridized carbons (Fsp3) is 0.379. The maximum absolute atomic E-state index is 15.2. The van der Waals surface area contributed by atoms with Gasteiger partial charge in [-0.05, 0) is 78.6 Å². The lowest BCUT2D eigenvalue weighted by Gasteiger charge is -2.28. The summed E-state index contributed by atoms with van der Waals surface area (Å²) in [6.45, 7) is 0.808. The van der Waals surface area contributed by atoms with Crippen LogP contribution in [0.1, 0.15) is 67.0 Å². The van der Waals surface area contributed by atoms with Crippen molar-refractivity contribution in [3.8, 4) is 11.3 Å². The average molecular weight is 517 g/mol. The molecular weight excluding hydrogens is 486 g/mol. The van der Waals surface area contributed by atoms with Crippen LogP contribution in [0, 0.1) is 11.6 Å². The van der Waals surface area contributed by atoms with Crippen LogP contribution in [-0.2, 0) is 17.8 Å². The summed E-state index contributed by atoms with van der Waals surface area (Å²) in [5.74, 6) is -0.352. The average Bonchev–Trinajstić information content (AvgIpc) is 3.49. The minimum absolute atomic E-state index is 0.0118. The van der Waals surface area contributed by atoms with Crippen molar-refractivity contribution < 1.29 is 13.6 Å². The highest BCUT2D eigenvalue weighted by atomic mass is 19.1. The summed E-state index contributed by atoms with van der Waals surface area (Å²) in [6.07, 6.45) is 11.3. The first-order valence-electron chi connectivity index (χ1n) is 13.2. The first kappa shape index (κ1) is 24.6. The lowest BCUT2D eigenvalue weighted by molar-refractivity contribution is -0.128. The van der Waals surface area contributed by atoms with Crippen molar-refractivity contribution in [2.45, 2.75) is 63.5 Å². The van der Waals surface area contributed by atoms with Gasteiger partial charge in [-0.1, -0.05) is 6.42 Å². The number of nitrogens with zero attached hydrogens (tertiary/aromatic N) is 5. The van der Waals surface area contributed by atoms with Gasteiger partial charge in [0.1, 0.15) is 17.5 Å². The third-order valence-corrected chi connectivity index (χ3v) is 7.80. The molecule has 2 aliphatic rings. The molecule has 9 heteroatoms. The van der Waals surface area contributed by atoms with Gasteiger partial charge in [-0.2, -0.15) is 5.10 Å². The first-order chi connectivity index (χ1) is 18.5. The van der Waals surface area contributed by atoms with E-state index in [1.165, 1.54) is 17.7 Å². The molecule has 4 heterocycles. The summed E-state index contributed by atoms with van der Waals surface area (Å²) in [4.78, 5) is 22.5. The summed E-state index contributed by atoms with van der Waals surface area (Å²) in [6, 6.07) is 8.22. The number of benzene rings is 1. The van der Waals surface area contributed by atoms with Crippen molar-refractivity contribution in [1.29, 1.82) is 0 Å². The molecule has 0 unspecified atom stereocenters. The highest BCUT2D eigenvalue weighted by Crippen LogP contribution is 2.34. The molecule has 7 nitrogen and oxygen atoms in total. The normalized spacial score (nSPS) is 20.0. The van der Waals surface area contributed by atoms with E-state index < -0.39 is 11.6 Å². The molecule has 1 saturated carbocycles. The van der Waals surface area contributed by atoms with E-state index in [2.05, 4.69) is 21.1 Å². The van der Waals surface area contributed by atoms with Gasteiger partial charge in [-0.15, -0.1) is 0 Å². The van der Waals surface area contributed by atoms with E-state index in [4.69, 9.17) is 5.73 Å².